The molecule has 1 heterocycles. The van der Waals surface area contributed by atoms with Crippen molar-refractivity contribution in [2.45, 2.75) is 26.2 Å². The average molecular weight is 474 g/mol. The van der Waals surface area contributed by atoms with Gasteiger partial charge >= 0.3 is 11.9 Å². The monoisotopic (exact) mass is 473 g/mol. The van der Waals surface area contributed by atoms with Gasteiger partial charge in [-0.3, -0.25) is 24.1 Å². The summed E-state index contributed by atoms with van der Waals surface area (Å²) in [6.07, 6.45) is 2.55. The molecule has 0 aromatic heterocycles. The predicted molar refractivity (Wildman–Crippen MR) is 128 cm³/mol. The first-order valence-electron chi connectivity index (χ1n) is 11.9. The van der Waals surface area contributed by atoms with Crippen LogP contribution in [0.3, 0.4) is 0 Å². The van der Waals surface area contributed by atoms with E-state index in [4.69, 9.17) is 9.47 Å². The van der Waals surface area contributed by atoms with Crippen molar-refractivity contribution in [3.05, 3.63) is 71.8 Å². The second-order valence-electron chi connectivity index (χ2n) is 9.31. The van der Waals surface area contributed by atoms with Gasteiger partial charge in [0, 0.05) is 0 Å². The number of carbonyl (C=O) groups is 4. The lowest BCUT2D eigenvalue weighted by Crippen LogP contribution is -2.46. The number of methoxy groups -OCH3 is 1. The smallest absolute Gasteiger partial charge is 0.323 e. The lowest BCUT2D eigenvalue weighted by molar-refractivity contribution is -0.172. The van der Waals surface area contributed by atoms with E-state index in [1.54, 1.807) is 31.2 Å². The topological polar surface area (TPSA) is 90.0 Å². The summed E-state index contributed by atoms with van der Waals surface area (Å²) >= 11 is 0. The zero-order chi connectivity index (χ0) is 24.7. The number of allylic oxidation sites excluding steroid dienone is 2. The molecule has 3 aliphatic rings. The Hall–Kier alpha value is -3.74. The fraction of sp³-hybridized carbons (Fsp3) is 0.357. The molecule has 0 radical (unpaired) electrons. The quantitative estimate of drug-likeness (QED) is 0.383. The number of ether oxygens (including phenoxy) is 2. The Kier molecular flexibility index (Phi) is 5.79. The second-order valence-corrected chi connectivity index (χ2v) is 9.31. The van der Waals surface area contributed by atoms with Gasteiger partial charge < -0.3 is 9.47 Å². The van der Waals surface area contributed by atoms with Crippen LogP contribution in [0.5, 0.6) is 0 Å². The molecule has 5 rings (SSSR count). The number of benzene rings is 2. The molecular formula is C28H27NO6. The summed E-state index contributed by atoms with van der Waals surface area (Å²) in [5, 5.41) is 0. The maximum atomic E-state index is 13.8. The van der Waals surface area contributed by atoms with E-state index in [1.807, 2.05) is 36.4 Å². The van der Waals surface area contributed by atoms with Crippen LogP contribution in [-0.4, -0.2) is 37.5 Å². The van der Waals surface area contributed by atoms with Gasteiger partial charge in [-0.15, -0.1) is 0 Å². The second kappa shape index (κ2) is 8.80. The van der Waals surface area contributed by atoms with Gasteiger partial charge in [-0.2, -0.15) is 0 Å². The van der Waals surface area contributed by atoms with Gasteiger partial charge in [0.05, 0.1) is 31.2 Å². The minimum absolute atomic E-state index is 0.0296. The highest BCUT2D eigenvalue weighted by atomic mass is 16.6. The largest absolute Gasteiger partial charge is 0.468 e. The van der Waals surface area contributed by atoms with Crippen molar-refractivity contribution in [2.24, 2.45) is 23.2 Å². The standard InChI is InChI=1S/C28H27NO6/c1-3-35-27(33)28(26(32)34-2)15-17-9-7-8-12-19(17)20-13-14-21-23(22(20)16-28)25(31)29(24(21)30)18-10-5-4-6-11-18/h4-13,21-23H,3,14-16H2,1-2H3/t21-,22+,23-,28?/m1/s1. The van der Waals surface area contributed by atoms with Crippen molar-refractivity contribution in [3.63, 3.8) is 0 Å². The summed E-state index contributed by atoms with van der Waals surface area (Å²) in [6, 6.07) is 16.5. The SMILES string of the molecule is CCOC(=O)C1(C(=O)OC)Cc2ccccc2C2=CC[C@H]3C(=O)N(c4ccccc4)C(=O)[C@H]3[C@H]2C1. The number of rotatable bonds is 4. The van der Waals surface area contributed by atoms with Crippen LogP contribution in [0, 0.1) is 23.2 Å². The van der Waals surface area contributed by atoms with Crippen molar-refractivity contribution in [1.29, 1.82) is 0 Å². The fourth-order valence-electron chi connectivity index (χ4n) is 6.01. The summed E-state index contributed by atoms with van der Waals surface area (Å²) in [7, 11) is 1.25. The molecule has 1 aliphatic heterocycles. The van der Waals surface area contributed by atoms with Crippen LogP contribution >= 0.6 is 0 Å². The Morgan fingerprint density at radius 2 is 1.69 bits per heavy atom. The van der Waals surface area contributed by atoms with E-state index in [0.717, 1.165) is 16.7 Å². The first-order valence-corrected chi connectivity index (χ1v) is 11.9. The number of nitrogens with zero attached hydrogens (tertiary/aromatic N) is 1. The minimum Gasteiger partial charge on any atom is -0.468 e. The molecule has 1 saturated heterocycles. The number of anilines is 1. The summed E-state index contributed by atoms with van der Waals surface area (Å²) in [6.45, 7) is 1.80. The number of fused-ring (bicyclic) bond motifs is 5. The molecule has 2 aromatic carbocycles. The van der Waals surface area contributed by atoms with E-state index in [0.29, 0.717) is 12.1 Å². The summed E-state index contributed by atoms with van der Waals surface area (Å²) < 4.78 is 10.5. The Labute approximate surface area is 203 Å². The third-order valence-electron chi connectivity index (χ3n) is 7.55. The van der Waals surface area contributed by atoms with Crippen LogP contribution in [0.25, 0.3) is 5.57 Å². The van der Waals surface area contributed by atoms with Gasteiger partial charge in [0.2, 0.25) is 11.8 Å². The molecule has 1 fully saturated rings. The molecular weight excluding hydrogens is 446 g/mol. The molecule has 4 atom stereocenters. The lowest BCUT2D eigenvalue weighted by Gasteiger charge is -2.35. The van der Waals surface area contributed by atoms with E-state index in [1.165, 1.54) is 12.0 Å². The van der Waals surface area contributed by atoms with Crippen LogP contribution in [-0.2, 0) is 35.1 Å². The lowest BCUT2D eigenvalue weighted by atomic mass is 9.66. The van der Waals surface area contributed by atoms with E-state index in [2.05, 4.69) is 0 Å². The van der Waals surface area contributed by atoms with E-state index < -0.39 is 35.1 Å². The van der Waals surface area contributed by atoms with E-state index in [9.17, 15) is 19.2 Å². The normalized spacial score (nSPS) is 27.2. The van der Waals surface area contributed by atoms with Gasteiger partial charge in [0.1, 0.15) is 0 Å². The number of esters is 2. The zero-order valence-corrected chi connectivity index (χ0v) is 19.7. The molecule has 35 heavy (non-hydrogen) atoms. The Balaban J connectivity index is 1.66. The zero-order valence-electron chi connectivity index (χ0n) is 19.7. The Morgan fingerprint density at radius 3 is 2.40 bits per heavy atom. The average Bonchev–Trinajstić information content (AvgIpc) is 3.04. The number of imide groups is 1. The van der Waals surface area contributed by atoms with Crippen LogP contribution in [0.4, 0.5) is 5.69 Å². The molecule has 2 aromatic rings. The third kappa shape index (κ3) is 3.49. The molecule has 0 N–H and O–H groups in total. The van der Waals surface area contributed by atoms with E-state index >= 15 is 0 Å². The molecule has 7 heteroatoms. The predicted octanol–water partition coefficient (Wildman–Crippen LogP) is 3.56. The number of amides is 2. The van der Waals surface area contributed by atoms with Gasteiger partial charge in [-0.05, 0) is 60.9 Å². The molecule has 0 saturated carbocycles. The van der Waals surface area contributed by atoms with Crippen LogP contribution in [0.2, 0.25) is 0 Å². The van der Waals surface area contributed by atoms with Crippen molar-refractivity contribution >= 4 is 35.0 Å². The first kappa shape index (κ1) is 23.0. The molecule has 2 aliphatic carbocycles. The van der Waals surface area contributed by atoms with Crippen LogP contribution in [0.1, 0.15) is 30.9 Å². The molecule has 1 unspecified atom stereocenters. The number of hydrogen-bond acceptors (Lipinski definition) is 6. The van der Waals surface area contributed by atoms with Crippen molar-refractivity contribution in [3.8, 4) is 0 Å². The van der Waals surface area contributed by atoms with Gasteiger partial charge in [0.15, 0.2) is 5.41 Å². The Morgan fingerprint density at radius 1 is 0.971 bits per heavy atom. The molecule has 0 bridgehead atoms. The van der Waals surface area contributed by atoms with Crippen molar-refractivity contribution in [2.75, 3.05) is 18.6 Å². The van der Waals surface area contributed by atoms with Crippen molar-refractivity contribution < 1.29 is 28.7 Å². The molecule has 180 valence electrons. The highest BCUT2D eigenvalue weighted by Crippen LogP contribution is 2.53. The maximum absolute atomic E-state index is 13.8. The van der Waals surface area contributed by atoms with Crippen LogP contribution < -0.4 is 4.90 Å². The van der Waals surface area contributed by atoms with Crippen LogP contribution in [0.15, 0.2) is 60.7 Å². The minimum atomic E-state index is -1.62. The summed E-state index contributed by atoms with van der Waals surface area (Å²) in [4.78, 5) is 55.2. The summed E-state index contributed by atoms with van der Waals surface area (Å²) in [5.41, 5.74) is 1.51. The van der Waals surface area contributed by atoms with Gasteiger partial charge in [-0.25, -0.2) is 0 Å². The number of hydrogen-bond donors (Lipinski definition) is 0. The van der Waals surface area contributed by atoms with Crippen molar-refractivity contribution in [1.82, 2.24) is 0 Å². The highest BCUT2D eigenvalue weighted by molar-refractivity contribution is 6.23. The highest BCUT2D eigenvalue weighted by Gasteiger charge is 2.59. The fourth-order valence-corrected chi connectivity index (χ4v) is 6.01. The number of para-hydroxylation sites is 1. The molecule has 2 amide bonds. The van der Waals surface area contributed by atoms with E-state index in [-0.39, 0.29) is 31.3 Å². The molecule has 0 spiro atoms. The third-order valence-corrected chi connectivity index (χ3v) is 7.55. The maximum Gasteiger partial charge on any atom is 0.323 e. The number of carbonyl (C=O) groups excluding carboxylic acids is 4. The van der Waals surface area contributed by atoms with Gasteiger partial charge in [-0.1, -0.05) is 48.5 Å². The first-order chi connectivity index (χ1) is 16.9. The summed E-state index contributed by atoms with van der Waals surface area (Å²) in [5.74, 6) is -3.67. The molecule has 7 nitrogen and oxygen atoms in total. The Bertz CT molecular complexity index is 1240. The van der Waals surface area contributed by atoms with Gasteiger partial charge in [0.25, 0.3) is 0 Å².